The molecule has 4 N–H and O–H groups in total. The lowest BCUT2D eigenvalue weighted by Crippen LogP contribution is -2.44. The Hall–Kier alpha value is -3.06. The van der Waals surface area contributed by atoms with Crippen LogP contribution in [0.5, 0.6) is 5.75 Å². The van der Waals surface area contributed by atoms with E-state index in [0.717, 1.165) is 11.1 Å². The molecule has 1 saturated carbocycles. The van der Waals surface area contributed by atoms with Gasteiger partial charge in [-0.05, 0) is 56.9 Å². The second-order valence-electron chi connectivity index (χ2n) is 9.56. The first-order chi connectivity index (χ1) is 16.1. The number of carboxylic acids is 1. The van der Waals surface area contributed by atoms with E-state index in [9.17, 15) is 14.7 Å². The Kier molecular flexibility index (Phi) is 10.9. The van der Waals surface area contributed by atoms with Gasteiger partial charge in [0.25, 0.3) is 0 Å². The van der Waals surface area contributed by atoms with E-state index in [4.69, 9.17) is 15.2 Å². The number of hydrogen-bond donors (Lipinski definition) is 3. The first kappa shape index (κ1) is 27.2. The molecule has 0 spiro atoms. The molecule has 34 heavy (non-hydrogen) atoms. The largest absolute Gasteiger partial charge is 0.489 e. The average Bonchev–Trinajstić information content (AvgIpc) is 2.78. The standard InChI is InChI=1S/C21H25NO5.C6H13N/c1-21(2,3)27-20(25)22-18(19(23)24)13-16-10-7-11-17(12-16)26-14-15-8-5-4-6-9-15;7-6-4-2-1-3-5-6/h4-12,18H,13-14H2,1-3H3,(H,22,25)(H,23,24);6H,1-5,7H2/t18-;/m0./s1. The van der Waals surface area contributed by atoms with Gasteiger partial charge in [-0.15, -0.1) is 0 Å². The number of aliphatic carboxylic acids is 1. The number of carbonyl (C=O) groups excluding carboxylic acids is 1. The number of carbonyl (C=O) groups is 2. The predicted molar refractivity (Wildman–Crippen MR) is 133 cm³/mol. The molecule has 1 amide bonds. The van der Waals surface area contributed by atoms with Gasteiger partial charge in [-0.2, -0.15) is 0 Å². The van der Waals surface area contributed by atoms with E-state index in [1.165, 1.54) is 32.1 Å². The van der Waals surface area contributed by atoms with Crippen molar-refractivity contribution in [1.82, 2.24) is 5.32 Å². The third-order valence-corrected chi connectivity index (χ3v) is 5.23. The van der Waals surface area contributed by atoms with Crippen LogP contribution in [0.1, 0.15) is 64.0 Å². The number of hydrogen-bond acceptors (Lipinski definition) is 5. The molecule has 7 nitrogen and oxygen atoms in total. The fraction of sp³-hybridized carbons (Fsp3) is 0.481. The molecule has 186 valence electrons. The molecule has 1 aliphatic rings. The maximum absolute atomic E-state index is 11.9. The molecule has 7 heteroatoms. The fourth-order valence-corrected chi connectivity index (χ4v) is 3.52. The Morgan fingerprint density at radius 2 is 1.68 bits per heavy atom. The molecule has 0 radical (unpaired) electrons. The summed E-state index contributed by atoms with van der Waals surface area (Å²) in [6.07, 6.45) is 6.03. The molecule has 2 aromatic rings. The number of nitrogens with one attached hydrogen (secondary N) is 1. The molecule has 2 aromatic carbocycles. The van der Waals surface area contributed by atoms with Crippen LogP contribution in [0.3, 0.4) is 0 Å². The Morgan fingerprint density at radius 1 is 1.03 bits per heavy atom. The van der Waals surface area contributed by atoms with Crippen molar-refractivity contribution in [2.24, 2.45) is 5.73 Å². The van der Waals surface area contributed by atoms with Gasteiger partial charge in [0.15, 0.2) is 0 Å². The summed E-state index contributed by atoms with van der Waals surface area (Å²) in [4.78, 5) is 23.4. The van der Waals surface area contributed by atoms with Gasteiger partial charge in [0, 0.05) is 12.5 Å². The van der Waals surface area contributed by atoms with Crippen LogP contribution in [-0.2, 0) is 22.6 Å². The highest BCUT2D eigenvalue weighted by molar-refractivity contribution is 5.80. The summed E-state index contributed by atoms with van der Waals surface area (Å²) in [5.41, 5.74) is 6.72. The number of carboxylic acid groups (broad SMARTS) is 1. The van der Waals surface area contributed by atoms with Crippen LogP contribution in [0.25, 0.3) is 0 Å². The van der Waals surface area contributed by atoms with Crippen molar-refractivity contribution in [2.75, 3.05) is 0 Å². The minimum absolute atomic E-state index is 0.122. The Balaban J connectivity index is 0.000000497. The van der Waals surface area contributed by atoms with Gasteiger partial charge in [-0.1, -0.05) is 61.7 Å². The first-order valence-electron chi connectivity index (χ1n) is 11.9. The smallest absolute Gasteiger partial charge is 0.408 e. The molecule has 0 aromatic heterocycles. The molecule has 0 bridgehead atoms. The summed E-state index contributed by atoms with van der Waals surface area (Å²) >= 11 is 0. The van der Waals surface area contributed by atoms with Crippen molar-refractivity contribution >= 4 is 12.1 Å². The first-order valence-corrected chi connectivity index (χ1v) is 11.9. The van der Waals surface area contributed by atoms with E-state index < -0.39 is 23.7 Å². The average molecular weight is 471 g/mol. The Labute approximate surface area is 202 Å². The number of nitrogens with two attached hydrogens (primary N) is 1. The normalized spacial score (nSPS) is 14.8. The molecule has 1 aliphatic carbocycles. The van der Waals surface area contributed by atoms with Gasteiger partial charge in [0.05, 0.1) is 0 Å². The van der Waals surface area contributed by atoms with E-state index in [-0.39, 0.29) is 6.42 Å². The maximum Gasteiger partial charge on any atom is 0.408 e. The monoisotopic (exact) mass is 470 g/mol. The van der Waals surface area contributed by atoms with E-state index in [1.807, 2.05) is 36.4 Å². The van der Waals surface area contributed by atoms with Crippen LogP contribution < -0.4 is 15.8 Å². The summed E-state index contributed by atoms with van der Waals surface area (Å²) in [5.74, 6) is -0.491. The Morgan fingerprint density at radius 3 is 2.24 bits per heavy atom. The minimum atomic E-state index is -1.13. The zero-order chi connectivity index (χ0) is 25.0. The van der Waals surface area contributed by atoms with Crippen LogP contribution in [-0.4, -0.2) is 34.9 Å². The summed E-state index contributed by atoms with van der Waals surface area (Å²) in [6.45, 7) is 5.57. The number of amides is 1. The second kappa shape index (κ2) is 13.6. The lowest BCUT2D eigenvalue weighted by atomic mass is 9.97. The SMILES string of the molecule is CC(C)(C)OC(=O)N[C@@H](Cc1cccc(OCc2ccccc2)c1)C(=O)O.NC1CCCCC1. The van der Waals surface area contributed by atoms with Gasteiger partial charge >= 0.3 is 12.1 Å². The molecule has 0 heterocycles. The number of benzene rings is 2. The van der Waals surface area contributed by atoms with Gasteiger partial charge in [0.1, 0.15) is 24.0 Å². The lowest BCUT2D eigenvalue weighted by Gasteiger charge is -2.22. The summed E-state index contributed by atoms with van der Waals surface area (Å²) in [5, 5.41) is 11.8. The molecule has 1 fully saturated rings. The summed E-state index contributed by atoms with van der Waals surface area (Å²) in [7, 11) is 0. The number of ether oxygens (including phenoxy) is 2. The topological polar surface area (TPSA) is 111 Å². The van der Waals surface area contributed by atoms with Crippen molar-refractivity contribution in [1.29, 1.82) is 0 Å². The molecule has 0 unspecified atom stereocenters. The summed E-state index contributed by atoms with van der Waals surface area (Å²) < 4.78 is 10.9. The van der Waals surface area contributed by atoms with Gasteiger partial charge in [-0.3, -0.25) is 0 Å². The van der Waals surface area contributed by atoms with Crippen molar-refractivity contribution in [3.05, 3.63) is 65.7 Å². The third kappa shape index (κ3) is 11.2. The van der Waals surface area contributed by atoms with E-state index >= 15 is 0 Å². The molecule has 0 saturated heterocycles. The van der Waals surface area contributed by atoms with E-state index in [0.29, 0.717) is 18.4 Å². The third-order valence-electron chi connectivity index (χ3n) is 5.23. The fourth-order valence-electron chi connectivity index (χ4n) is 3.52. The van der Waals surface area contributed by atoms with Crippen molar-refractivity contribution in [3.8, 4) is 5.75 Å². The zero-order valence-corrected chi connectivity index (χ0v) is 20.5. The predicted octanol–water partition coefficient (Wildman–Crippen LogP) is 5.06. The lowest BCUT2D eigenvalue weighted by molar-refractivity contribution is -0.139. The summed E-state index contributed by atoms with van der Waals surface area (Å²) in [6, 6.07) is 16.4. The van der Waals surface area contributed by atoms with Crippen molar-refractivity contribution < 1.29 is 24.2 Å². The van der Waals surface area contributed by atoms with Crippen LogP contribution >= 0.6 is 0 Å². The minimum Gasteiger partial charge on any atom is -0.489 e. The van der Waals surface area contributed by atoms with Crippen LogP contribution in [0.4, 0.5) is 4.79 Å². The maximum atomic E-state index is 11.9. The Bertz CT molecular complexity index is 889. The van der Waals surface area contributed by atoms with Crippen molar-refractivity contribution in [2.45, 2.75) is 83.6 Å². The number of rotatable bonds is 7. The molecule has 1 atom stereocenters. The van der Waals surface area contributed by atoms with Crippen LogP contribution in [0, 0.1) is 0 Å². The molecular weight excluding hydrogens is 432 g/mol. The van der Waals surface area contributed by atoms with Crippen LogP contribution in [0.2, 0.25) is 0 Å². The highest BCUT2D eigenvalue weighted by atomic mass is 16.6. The quantitative estimate of drug-likeness (QED) is 0.521. The van der Waals surface area contributed by atoms with E-state index in [2.05, 4.69) is 5.32 Å². The van der Waals surface area contributed by atoms with E-state index in [1.54, 1.807) is 39.0 Å². The van der Waals surface area contributed by atoms with Gasteiger partial charge < -0.3 is 25.6 Å². The molecule has 3 rings (SSSR count). The second-order valence-corrected chi connectivity index (χ2v) is 9.56. The highest BCUT2D eigenvalue weighted by Crippen LogP contribution is 2.17. The van der Waals surface area contributed by atoms with Crippen LogP contribution in [0.15, 0.2) is 54.6 Å². The molecule has 0 aliphatic heterocycles. The number of alkyl carbamates (subject to hydrolysis) is 1. The zero-order valence-electron chi connectivity index (χ0n) is 20.5. The highest BCUT2D eigenvalue weighted by Gasteiger charge is 2.24. The van der Waals surface area contributed by atoms with Gasteiger partial charge in [0.2, 0.25) is 0 Å². The molecular formula is C27H38N2O5. The van der Waals surface area contributed by atoms with Gasteiger partial charge in [-0.25, -0.2) is 9.59 Å². The van der Waals surface area contributed by atoms with Crippen molar-refractivity contribution in [3.63, 3.8) is 0 Å².